The summed E-state index contributed by atoms with van der Waals surface area (Å²) in [6, 6.07) is 7.15. The molecule has 182 valence electrons. The van der Waals surface area contributed by atoms with Crippen LogP contribution in [0.4, 0.5) is 17.6 Å². The van der Waals surface area contributed by atoms with E-state index in [1.54, 1.807) is 4.90 Å². The second-order valence-electron chi connectivity index (χ2n) is 9.03. The molecule has 0 radical (unpaired) electrons. The predicted molar refractivity (Wildman–Crippen MR) is 118 cm³/mol. The highest BCUT2D eigenvalue weighted by Crippen LogP contribution is 2.39. The molecule has 35 heavy (non-hydrogen) atoms. The average molecular weight is 486 g/mol. The molecule has 1 amide bonds. The number of rotatable bonds is 3. The fourth-order valence-electron chi connectivity index (χ4n) is 5.25. The van der Waals surface area contributed by atoms with Gasteiger partial charge in [-0.1, -0.05) is 0 Å². The van der Waals surface area contributed by atoms with Gasteiger partial charge in [0.2, 0.25) is 0 Å². The second-order valence-corrected chi connectivity index (χ2v) is 9.03. The van der Waals surface area contributed by atoms with E-state index in [0.717, 1.165) is 35.2 Å². The summed E-state index contributed by atoms with van der Waals surface area (Å²) in [5.74, 6) is -1.20. The van der Waals surface area contributed by atoms with E-state index in [1.807, 2.05) is 0 Å². The smallest absolute Gasteiger partial charge is 0.406 e. The molecule has 5 rings (SSSR count). The fraction of sp³-hybridized carbons (Fsp3) is 0.400. The molecule has 0 unspecified atom stereocenters. The number of halogens is 4. The lowest BCUT2D eigenvalue weighted by Crippen LogP contribution is -2.38. The summed E-state index contributed by atoms with van der Waals surface area (Å²) in [6.07, 6.45) is -0.442. The number of fused-ring (bicyclic) bond motifs is 3. The van der Waals surface area contributed by atoms with Gasteiger partial charge in [0, 0.05) is 41.7 Å². The van der Waals surface area contributed by atoms with Gasteiger partial charge in [-0.25, -0.2) is 9.37 Å². The number of hydrogen-bond donors (Lipinski definition) is 1. The third-order valence-corrected chi connectivity index (χ3v) is 6.91. The van der Waals surface area contributed by atoms with Crippen molar-refractivity contribution >= 4 is 16.9 Å². The number of nitrogens with one attached hydrogen (secondary N) is 1. The predicted octanol–water partition coefficient (Wildman–Crippen LogP) is 5.25. The summed E-state index contributed by atoms with van der Waals surface area (Å²) in [5.41, 5.74) is 3.49. The van der Waals surface area contributed by atoms with E-state index in [2.05, 4.69) is 20.8 Å². The van der Waals surface area contributed by atoms with Crippen molar-refractivity contribution in [3.63, 3.8) is 0 Å². The van der Waals surface area contributed by atoms with Gasteiger partial charge in [-0.2, -0.15) is 5.26 Å². The monoisotopic (exact) mass is 486 g/mol. The number of alkyl halides is 3. The molecule has 1 aliphatic heterocycles. The number of H-pyrrole nitrogens is 1. The number of aromatic amines is 1. The number of nitriles is 1. The molecule has 6 nitrogen and oxygen atoms in total. The van der Waals surface area contributed by atoms with Crippen molar-refractivity contribution in [2.24, 2.45) is 5.92 Å². The van der Waals surface area contributed by atoms with Crippen molar-refractivity contribution in [2.45, 2.75) is 44.4 Å². The number of pyridine rings is 1. The molecular weight excluding hydrogens is 464 g/mol. The summed E-state index contributed by atoms with van der Waals surface area (Å²) in [6.45, 7) is 0.799. The Morgan fingerprint density at radius 1 is 1.17 bits per heavy atom. The summed E-state index contributed by atoms with van der Waals surface area (Å²) in [4.78, 5) is 22.0. The maximum atomic E-state index is 15.1. The summed E-state index contributed by atoms with van der Waals surface area (Å²) in [5, 5.41) is 10.1. The highest BCUT2D eigenvalue weighted by Gasteiger charge is 2.33. The van der Waals surface area contributed by atoms with E-state index < -0.39 is 6.36 Å². The van der Waals surface area contributed by atoms with Crippen molar-refractivity contribution in [2.75, 3.05) is 13.1 Å². The van der Waals surface area contributed by atoms with Gasteiger partial charge >= 0.3 is 6.36 Å². The van der Waals surface area contributed by atoms with Crippen LogP contribution in [0.25, 0.3) is 11.0 Å². The number of aryl methyl sites for hydroxylation is 1. The number of likely N-dealkylation sites (tertiary alicyclic amines) is 1. The third-order valence-electron chi connectivity index (χ3n) is 6.91. The van der Waals surface area contributed by atoms with Crippen molar-refractivity contribution in [3.05, 3.63) is 58.7 Å². The Morgan fingerprint density at radius 2 is 1.89 bits per heavy atom. The van der Waals surface area contributed by atoms with Crippen LogP contribution in [0.3, 0.4) is 0 Å². The molecule has 3 heterocycles. The van der Waals surface area contributed by atoms with Crippen LogP contribution in [0.5, 0.6) is 5.75 Å². The number of benzene rings is 1. The van der Waals surface area contributed by atoms with Crippen LogP contribution in [-0.4, -0.2) is 40.2 Å². The van der Waals surface area contributed by atoms with E-state index in [0.29, 0.717) is 50.0 Å². The maximum Gasteiger partial charge on any atom is 0.573 e. The van der Waals surface area contributed by atoms with E-state index in [9.17, 15) is 23.2 Å². The fourth-order valence-corrected chi connectivity index (χ4v) is 5.25. The SMILES string of the molecule is N#C[C@@H]1CCc2c([nH]c3ncc(F)c(C4CCN(C(=O)c5ccc(OC(F)(F)F)cc5)CC4)c23)C1. The largest absolute Gasteiger partial charge is 0.573 e. The van der Waals surface area contributed by atoms with E-state index in [1.165, 1.54) is 18.3 Å². The van der Waals surface area contributed by atoms with Gasteiger partial charge in [0.15, 0.2) is 0 Å². The molecule has 3 aromatic rings. The maximum absolute atomic E-state index is 15.1. The minimum Gasteiger partial charge on any atom is -0.406 e. The molecule has 1 aliphatic carbocycles. The van der Waals surface area contributed by atoms with E-state index in [4.69, 9.17) is 0 Å². The van der Waals surface area contributed by atoms with Crippen LogP contribution >= 0.6 is 0 Å². The van der Waals surface area contributed by atoms with E-state index >= 15 is 4.39 Å². The molecule has 2 aliphatic rings. The van der Waals surface area contributed by atoms with E-state index in [-0.39, 0.29) is 34.9 Å². The number of amides is 1. The van der Waals surface area contributed by atoms with Crippen LogP contribution in [0, 0.1) is 23.1 Å². The van der Waals surface area contributed by atoms with Crippen LogP contribution < -0.4 is 4.74 Å². The summed E-state index contributed by atoms with van der Waals surface area (Å²) >= 11 is 0. The molecule has 10 heteroatoms. The molecule has 0 bridgehead atoms. The molecule has 1 fully saturated rings. The first kappa shape index (κ1) is 23.1. The van der Waals surface area contributed by atoms with Crippen LogP contribution in [0.1, 0.15) is 52.4 Å². The lowest BCUT2D eigenvalue weighted by atomic mass is 9.83. The van der Waals surface area contributed by atoms with Crippen molar-refractivity contribution in [1.29, 1.82) is 5.26 Å². The zero-order valence-corrected chi connectivity index (χ0v) is 18.7. The Hall–Kier alpha value is -3.61. The Kier molecular flexibility index (Phi) is 5.87. The lowest BCUT2D eigenvalue weighted by molar-refractivity contribution is -0.274. The van der Waals surface area contributed by atoms with Gasteiger partial charge in [-0.3, -0.25) is 4.79 Å². The number of hydrogen-bond acceptors (Lipinski definition) is 4. The quantitative estimate of drug-likeness (QED) is 0.513. The number of aromatic nitrogens is 2. The minimum atomic E-state index is -4.79. The first-order valence-corrected chi connectivity index (χ1v) is 11.5. The Labute approximate surface area is 198 Å². The number of piperidine rings is 1. The van der Waals surface area contributed by atoms with Crippen LogP contribution in [0.15, 0.2) is 30.5 Å². The van der Waals surface area contributed by atoms with Gasteiger partial charge in [-0.05, 0) is 61.4 Å². The molecule has 0 spiro atoms. The molecule has 1 aromatic carbocycles. The van der Waals surface area contributed by atoms with Crippen LogP contribution in [0.2, 0.25) is 0 Å². The van der Waals surface area contributed by atoms with Gasteiger partial charge in [0.1, 0.15) is 17.2 Å². The number of ether oxygens (including phenoxy) is 1. The Bertz CT molecular complexity index is 1300. The lowest BCUT2D eigenvalue weighted by Gasteiger charge is -2.33. The average Bonchev–Trinajstić information content (AvgIpc) is 3.21. The van der Waals surface area contributed by atoms with Crippen LogP contribution in [-0.2, 0) is 12.8 Å². The number of carbonyl (C=O) groups is 1. The Morgan fingerprint density at radius 3 is 2.54 bits per heavy atom. The van der Waals surface area contributed by atoms with Crippen molar-refractivity contribution < 1.29 is 27.1 Å². The normalized spacial score (nSPS) is 18.8. The van der Waals surface area contributed by atoms with Gasteiger partial charge < -0.3 is 14.6 Å². The molecule has 2 aromatic heterocycles. The van der Waals surface area contributed by atoms with Crippen molar-refractivity contribution in [3.8, 4) is 11.8 Å². The zero-order chi connectivity index (χ0) is 24.7. The Balaban J connectivity index is 1.32. The van der Waals surface area contributed by atoms with Gasteiger partial charge in [0.05, 0.1) is 18.2 Å². The molecule has 1 N–H and O–H groups in total. The van der Waals surface area contributed by atoms with Crippen molar-refractivity contribution in [1.82, 2.24) is 14.9 Å². The standard InChI is InChI=1S/C25H22F4N4O2/c26-19-13-31-23-22(18-6-1-14(12-30)11-20(18)32-23)21(19)15-7-9-33(10-8-15)24(34)16-2-4-17(5-3-16)35-25(27,28)29/h2-5,13-15H,1,6-11H2,(H,31,32)/t14-/m1/s1. The van der Waals surface area contributed by atoms with Gasteiger partial charge in [-0.15, -0.1) is 13.2 Å². The number of carbonyl (C=O) groups excluding carboxylic acids is 1. The highest BCUT2D eigenvalue weighted by atomic mass is 19.4. The first-order chi connectivity index (χ1) is 16.7. The minimum absolute atomic E-state index is 0.0628. The molecular formula is C25H22F4N4O2. The first-order valence-electron chi connectivity index (χ1n) is 11.5. The molecule has 1 atom stereocenters. The highest BCUT2D eigenvalue weighted by molar-refractivity contribution is 5.94. The third kappa shape index (κ3) is 4.55. The second kappa shape index (κ2) is 8.87. The summed E-state index contributed by atoms with van der Waals surface area (Å²) < 4.78 is 56.0. The number of nitrogens with zero attached hydrogens (tertiary/aromatic N) is 3. The zero-order valence-electron chi connectivity index (χ0n) is 18.7. The molecule has 1 saturated heterocycles. The molecule has 0 saturated carbocycles. The topological polar surface area (TPSA) is 82.0 Å². The van der Waals surface area contributed by atoms with Gasteiger partial charge in [0.25, 0.3) is 5.91 Å². The summed E-state index contributed by atoms with van der Waals surface area (Å²) in [7, 11) is 0.